The molecule has 2 heteroatoms. The lowest BCUT2D eigenvalue weighted by atomic mass is 9.96. The number of hydrogen-bond acceptors (Lipinski definition) is 1. The van der Waals surface area contributed by atoms with Gasteiger partial charge in [-0.05, 0) is 66.8 Å². The molecule has 0 bridgehead atoms. The maximum Gasteiger partial charge on any atom is 0.328 e. The largest absolute Gasteiger partial charge is 0.478 e. The average molecular weight is 306 g/mol. The summed E-state index contributed by atoms with van der Waals surface area (Å²) in [6, 6.07) is 10.9. The lowest BCUT2D eigenvalue weighted by molar-refractivity contribution is -0.131. The normalized spacial score (nSPS) is 13.0. The summed E-state index contributed by atoms with van der Waals surface area (Å²) in [5.74, 6) is -0.923. The second-order valence-corrected chi connectivity index (χ2v) is 5.95. The molecule has 2 nitrogen and oxygen atoms in total. The number of carbonyl (C=O) groups is 1. The Kier molecular flexibility index (Phi) is 5.17. The Morgan fingerprint density at radius 3 is 2.48 bits per heavy atom. The van der Waals surface area contributed by atoms with Gasteiger partial charge >= 0.3 is 5.97 Å². The molecule has 0 radical (unpaired) electrons. The summed E-state index contributed by atoms with van der Waals surface area (Å²) >= 11 is 0. The lowest BCUT2D eigenvalue weighted by Crippen LogP contribution is -1.88. The lowest BCUT2D eigenvalue weighted by Gasteiger charge is -2.09. The standard InChI is InChI=1S/C21H22O2/c1-14(11-21(22)23)6-5-7-16(3)20-13-19-10-15(2)8-9-18(19)12-17(20)4/h5-13H,1-4H3,(H,22,23). The number of fused-ring (bicyclic) bond motifs is 1. The Bertz CT molecular complexity index is 836. The first-order valence-electron chi connectivity index (χ1n) is 7.64. The van der Waals surface area contributed by atoms with Gasteiger partial charge in [-0.15, -0.1) is 0 Å². The van der Waals surface area contributed by atoms with Crippen LogP contribution in [0.25, 0.3) is 16.3 Å². The summed E-state index contributed by atoms with van der Waals surface area (Å²) < 4.78 is 0. The van der Waals surface area contributed by atoms with Gasteiger partial charge in [-0.1, -0.05) is 48.1 Å². The van der Waals surface area contributed by atoms with Crippen molar-refractivity contribution in [2.24, 2.45) is 0 Å². The zero-order valence-corrected chi connectivity index (χ0v) is 14.1. The summed E-state index contributed by atoms with van der Waals surface area (Å²) in [6.07, 6.45) is 6.91. The van der Waals surface area contributed by atoms with E-state index in [0.717, 1.165) is 5.57 Å². The number of hydrogen-bond donors (Lipinski definition) is 1. The van der Waals surface area contributed by atoms with Crippen LogP contribution in [0.3, 0.4) is 0 Å². The highest BCUT2D eigenvalue weighted by Gasteiger charge is 2.03. The minimum absolute atomic E-state index is 0.715. The predicted octanol–water partition coefficient (Wildman–Crippen LogP) is 5.45. The van der Waals surface area contributed by atoms with Crippen molar-refractivity contribution >= 4 is 22.3 Å². The smallest absolute Gasteiger partial charge is 0.328 e. The predicted molar refractivity (Wildman–Crippen MR) is 97.6 cm³/mol. The molecule has 1 N–H and O–H groups in total. The summed E-state index contributed by atoms with van der Waals surface area (Å²) in [6.45, 7) is 8.07. The molecular formula is C21H22O2. The third-order valence-corrected chi connectivity index (χ3v) is 3.82. The van der Waals surface area contributed by atoms with Crippen molar-refractivity contribution in [1.29, 1.82) is 0 Å². The van der Waals surface area contributed by atoms with Gasteiger partial charge in [0.2, 0.25) is 0 Å². The molecule has 0 unspecified atom stereocenters. The number of benzene rings is 2. The number of aliphatic carboxylic acids is 1. The molecule has 0 heterocycles. The summed E-state index contributed by atoms with van der Waals surface area (Å²) in [7, 11) is 0. The van der Waals surface area contributed by atoms with Crippen LogP contribution in [0.2, 0.25) is 0 Å². The van der Waals surface area contributed by atoms with Crippen molar-refractivity contribution < 1.29 is 9.90 Å². The SMILES string of the molecule is CC(C=CC=C(C)c1cc2cc(C)ccc2cc1C)=CC(=O)O. The van der Waals surface area contributed by atoms with Crippen LogP contribution in [0, 0.1) is 13.8 Å². The zero-order chi connectivity index (χ0) is 17.0. The van der Waals surface area contributed by atoms with Gasteiger partial charge in [-0.2, -0.15) is 0 Å². The molecule has 0 aliphatic heterocycles. The molecule has 0 aliphatic rings. The minimum atomic E-state index is -0.923. The molecule has 0 fully saturated rings. The van der Waals surface area contributed by atoms with Gasteiger partial charge in [0.1, 0.15) is 0 Å². The Balaban J connectivity index is 2.35. The number of aryl methyl sites for hydroxylation is 2. The van der Waals surface area contributed by atoms with Crippen LogP contribution in [-0.2, 0) is 4.79 Å². The highest BCUT2D eigenvalue weighted by Crippen LogP contribution is 2.26. The van der Waals surface area contributed by atoms with E-state index in [2.05, 4.69) is 51.1 Å². The molecule has 0 atom stereocenters. The summed E-state index contributed by atoms with van der Waals surface area (Å²) in [5, 5.41) is 11.2. The number of allylic oxidation sites excluding steroid dienone is 5. The average Bonchev–Trinajstić information content (AvgIpc) is 2.46. The highest BCUT2D eigenvalue weighted by atomic mass is 16.4. The number of rotatable bonds is 4. The molecule has 23 heavy (non-hydrogen) atoms. The van der Waals surface area contributed by atoms with Gasteiger partial charge < -0.3 is 5.11 Å². The fourth-order valence-electron chi connectivity index (χ4n) is 2.63. The van der Waals surface area contributed by atoms with E-state index in [9.17, 15) is 4.79 Å². The van der Waals surface area contributed by atoms with Crippen LogP contribution in [0.1, 0.15) is 30.5 Å². The van der Waals surface area contributed by atoms with E-state index in [1.807, 2.05) is 12.2 Å². The maximum atomic E-state index is 10.6. The topological polar surface area (TPSA) is 37.3 Å². The van der Waals surface area contributed by atoms with Crippen molar-refractivity contribution in [3.05, 3.63) is 76.9 Å². The molecule has 118 valence electrons. The van der Waals surface area contributed by atoms with E-state index in [1.165, 1.54) is 33.5 Å². The first kappa shape index (κ1) is 16.8. The molecule has 0 spiro atoms. The molecule has 2 aromatic rings. The van der Waals surface area contributed by atoms with Gasteiger partial charge in [0.05, 0.1) is 0 Å². The molecule has 0 amide bonds. The van der Waals surface area contributed by atoms with Gasteiger partial charge in [0.25, 0.3) is 0 Å². The van der Waals surface area contributed by atoms with E-state index in [4.69, 9.17) is 5.11 Å². The molecular weight excluding hydrogens is 284 g/mol. The van der Waals surface area contributed by atoms with Crippen molar-refractivity contribution in [2.45, 2.75) is 27.7 Å². The van der Waals surface area contributed by atoms with Crippen LogP contribution >= 0.6 is 0 Å². The van der Waals surface area contributed by atoms with Crippen LogP contribution in [0.15, 0.2) is 60.2 Å². The van der Waals surface area contributed by atoms with Crippen molar-refractivity contribution in [3.63, 3.8) is 0 Å². The number of carboxylic acid groups (broad SMARTS) is 1. The van der Waals surface area contributed by atoms with Crippen LogP contribution in [-0.4, -0.2) is 11.1 Å². The Hall–Kier alpha value is -2.61. The molecule has 2 rings (SSSR count). The van der Waals surface area contributed by atoms with E-state index < -0.39 is 5.97 Å². The van der Waals surface area contributed by atoms with Gasteiger partial charge in [-0.25, -0.2) is 4.79 Å². The quantitative estimate of drug-likeness (QED) is 0.602. The zero-order valence-electron chi connectivity index (χ0n) is 14.1. The molecule has 0 saturated carbocycles. The fourth-order valence-corrected chi connectivity index (χ4v) is 2.63. The van der Waals surface area contributed by atoms with E-state index in [1.54, 1.807) is 13.0 Å². The minimum Gasteiger partial charge on any atom is -0.478 e. The molecule has 0 aliphatic carbocycles. The Morgan fingerprint density at radius 1 is 1.04 bits per heavy atom. The maximum absolute atomic E-state index is 10.6. The van der Waals surface area contributed by atoms with E-state index in [-0.39, 0.29) is 0 Å². The Labute approximate surface area is 137 Å². The number of carboxylic acids is 1. The van der Waals surface area contributed by atoms with Crippen molar-refractivity contribution in [3.8, 4) is 0 Å². The van der Waals surface area contributed by atoms with Crippen LogP contribution < -0.4 is 0 Å². The van der Waals surface area contributed by atoms with E-state index >= 15 is 0 Å². The summed E-state index contributed by atoms with van der Waals surface area (Å²) in [5.41, 5.74) is 5.58. The Morgan fingerprint density at radius 2 is 1.78 bits per heavy atom. The van der Waals surface area contributed by atoms with Crippen molar-refractivity contribution in [1.82, 2.24) is 0 Å². The third kappa shape index (κ3) is 4.43. The summed E-state index contributed by atoms with van der Waals surface area (Å²) in [4.78, 5) is 10.6. The molecule has 0 saturated heterocycles. The highest BCUT2D eigenvalue weighted by molar-refractivity contribution is 5.88. The van der Waals surface area contributed by atoms with E-state index in [0.29, 0.717) is 5.57 Å². The fraction of sp³-hybridized carbons (Fsp3) is 0.190. The first-order valence-corrected chi connectivity index (χ1v) is 7.64. The molecule has 2 aromatic carbocycles. The van der Waals surface area contributed by atoms with Crippen LogP contribution in [0.4, 0.5) is 0 Å². The van der Waals surface area contributed by atoms with Crippen molar-refractivity contribution in [2.75, 3.05) is 0 Å². The van der Waals surface area contributed by atoms with Gasteiger partial charge in [0, 0.05) is 6.08 Å². The van der Waals surface area contributed by atoms with Crippen LogP contribution in [0.5, 0.6) is 0 Å². The second-order valence-electron chi connectivity index (χ2n) is 5.95. The third-order valence-electron chi connectivity index (χ3n) is 3.82. The van der Waals surface area contributed by atoms with Gasteiger partial charge in [-0.3, -0.25) is 0 Å². The second kappa shape index (κ2) is 7.10. The molecule has 0 aromatic heterocycles. The van der Waals surface area contributed by atoms with Gasteiger partial charge in [0.15, 0.2) is 0 Å². The first-order chi connectivity index (χ1) is 10.9. The monoisotopic (exact) mass is 306 g/mol.